The van der Waals surface area contributed by atoms with Crippen LogP contribution in [0.4, 0.5) is 0 Å². The summed E-state index contributed by atoms with van der Waals surface area (Å²) in [5.74, 6) is -0.284. The highest BCUT2D eigenvalue weighted by Crippen LogP contribution is 2.16. The van der Waals surface area contributed by atoms with Crippen molar-refractivity contribution in [2.45, 2.75) is 32.4 Å². The number of primary amides is 1. The van der Waals surface area contributed by atoms with E-state index in [0.717, 1.165) is 26.2 Å². The number of hydrogen-bond donors (Lipinski definition) is 1. The molecule has 1 unspecified atom stereocenters. The monoisotopic (exact) mass is 224 g/mol. The van der Waals surface area contributed by atoms with Crippen LogP contribution in [0.15, 0.2) is 0 Å². The van der Waals surface area contributed by atoms with Gasteiger partial charge in [-0.15, -0.1) is 0 Å². The van der Waals surface area contributed by atoms with Crippen LogP contribution in [0.3, 0.4) is 0 Å². The van der Waals surface area contributed by atoms with Gasteiger partial charge in [0.15, 0.2) is 0 Å². The Kier molecular flexibility index (Phi) is 3.89. The highest BCUT2D eigenvalue weighted by atomic mass is 16.1. The van der Waals surface area contributed by atoms with E-state index in [1.807, 2.05) is 20.8 Å². The second kappa shape index (κ2) is 4.81. The highest BCUT2D eigenvalue weighted by molar-refractivity contribution is 5.79. The summed E-state index contributed by atoms with van der Waals surface area (Å²) in [4.78, 5) is 15.2. The molecule has 16 heavy (non-hydrogen) atoms. The number of nitrogens with two attached hydrogens (primary N) is 1. The number of rotatable bonds is 3. The van der Waals surface area contributed by atoms with Crippen molar-refractivity contribution in [3.63, 3.8) is 0 Å². The fourth-order valence-electron chi connectivity index (χ4n) is 1.92. The van der Waals surface area contributed by atoms with E-state index in [0.29, 0.717) is 0 Å². The minimum Gasteiger partial charge on any atom is -0.368 e. The molecule has 0 aliphatic carbocycles. The molecule has 0 saturated carbocycles. The van der Waals surface area contributed by atoms with E-state index >= 15 is 0 Å². The third kappa shape index (κ3) is 2.71. The lowest BCUT2D eigenvalue weighted by Crippen LogP contribution is -2.57. The predicted octanol–water partition coefficient (Wildman–Crippen LogP) is -0.220. The smallest absolute Gasteiger partial charge is 0.234 e. The van der Waals surface area contributed by atoms with Gasteiger partial charge < -0.3 is 5.73 Å². The number of piperazine rings is 1. The predicted molar refractivity (Wildman–Crippen MR) is 61.5 cm³/mol. The summed E-state index contributed by atoms with van der Waals surface area (Å²) in [6.45, 7) is 8.84. The fourth-order valence-corrected chi connectivity index (χ4v) is 1.92. The third-order valence-electron chi connectivity index (χ3n) is 3.34. The van der Waals surface area contributed by atoms with E-state index in [-0.39, 0.29) is 11.9 Å². The van der Waals surface area contributed by atoms with Crippen molar-refractivity contribution in [2.24, 2.45) is 5.73 Å². The number of hydrogen-bond acceptors (Lipinski definition) is 4. The van der Waals surface area contributed by atoms with Crippen molar-refractivity contribution >= 4 is 5.91 Å². The molecule has 1 heterocycles. The van der Waals surface area contributed by atoms with E-state index in [1.54, 1.807) is 0 Å². The number of nitriles is 1. The molecule has 90 valence electrons. The lowest BCUT2D eigenvalue weighted by atomic mass is 10.0. The van der Waals surface area contributed by atoms with Gasteiger partial charge >= 0.3 is 0 Å². The summed E-state index contributed by atoms with van der Waals surface area (Å²) in [5, 5.41) is 9.03. The van der Waals surface area contributed by atoms with Crippen LogP contribution in [0.2, 0.25) is 0 Å². The topological polar surface area (TPSA) is 73.4 Å². The molecule has 1 fully saturated rings. The molecule has 5 heteroatoms. The molecule has 1 saturated heterocycles. The molecule has 0 spiro atoms. The van der Waals surface area contributed by atoms with Crippen molar-refractivity contribution < 1.29 is 4.79 Å². The number of amides is 1. The van der Waals surface area contributed by atoms with Crippen molar-refractivity contribution in [1.29, 1.82) is 5.26 Å². The lowest BCUT2D eigenvalue weighted by Gasteiger charge is -2.41. The van der Waals surface area contributed by atoms with Crippen LogP contribution in [0.1, 0.15) is 20.8 Å². The van der Waals surface area contributed by atoms with Gasteiger partial charge in [0.1, 0.15) is 5.54 Å². The highest BCUT2D eigenvalue weighted by Gasteiger charge is 2.31. The Balaban J connectivity index is 2.53. The standard InChI is InChI=1S/C11H20N4O/c1-9(10(13)16)14-4-6-15(7-5-14)11(2,3)8-12/h9H,4-7H2,1-3H3,(H2,13,16). The maximum Gasteiger partial charge on any atom is 0.234 e. The maximum atomic E-state index is 11.0. The minimum absolute atomic E-state index is 0.215. The molecule has 1 atom stereocenters. The van der Waals surface area contributed by atoms with Gasteiger partial charge in [0.2, 0.25) is 5.91 Å². The molecule has 0 radical (unpaired) electrons. The first kappa shape index (κ1) is 12.9. The molecule has 1 rings (SSSR count). The normalized spacial score (nSPS) is 21.4. The lowest BCUT2D eigenvalue weighted by molar-refractivity contribution is -0.123. The molecule has 0 bridgehead atoms. The van der Waals surface area contributed by atoms with Crippen molar-refractivity contribution in [1.82, 2.24) is 9.80 Å². The van der Waals surface area contributed by atoms with Gasteiger partial charge in [0.05, 0.1) is 12.1 Å². The average Bonchev–Trinajstić information content (AvgIpc) is 2.28. The fraction of sp³-hybridized carbons (Fsp3) is 0.818. The molecule has 0 aromatic heterocycles. The molecular weight excluding hydrogens is 204 g/mol. The minimum atomic E-state index is -0.429. The second-order valence-corrected chi connectivity index (χ2v) is 4.77. The Bertz CT molecular complexity index is 300. The maximum absolute atomic E-state index is 11.0. The zero-order valence-corrected chi connectivity index (χ0v) is 10.2. The van der Waals surface area contributed by atoms with E-state index in [1.165, 1.54) is 0 Å². The summed E-state index contributed by atoms with van der Waals surface area (Å²) in [5.41, 5.74) is 4.84. The number of carbonyl (C=O) groups is 1. The van der Waals surface area contributed by atoms with Crippen LogP contribution in [0.5, 0.6) is 0 Å². The second-order valence-electron chi connectivity index (χ2n) is 4.77. The van der Waals surface area contributed by atoms with Crippen LogP contribution in [0.25, 0.3) is 0 Å². The summed E-state index contributed by atoms with van der Waals surface area (Å²) in [7, 11) is 0. The van der Waals surface area contributed by atoms with Crippen molar-refractivity contribution in [3.05, 3.63) is 0 Å². The quantitative estimate of drug-likeness (QED) is 0.719. The Morgan fingerprint density at radius 3 is 2.25 bits per heavy atom. The van der Waals surface area contributed by atoms with E-state index < -0.39 is 5.54 Å². The summed E-state index contributed by atoms with van der Waals surface area (Å²) in [6, 6.07) is 2.08. The van der Waals surface area contributed by atoms with Gasteiger partial charge in [0.25, 0.3) is 0 Å². The molecule has 1 amide bonds. The molecule has 2 N–H and O–H groups in total. The van der Waals surface area contributed by atoms with Gasteiger partial charge in [-0.2, -0.15) is 5.26 Å². The molecule has 1 aliphatic rings. The van der Waals surface area contributed by atoms with Gasteiger partial charge in [-0.3, -0.25) is 14.6 Å². The first-order chi connectivity index (χ1) is 7.38. The van der Waals surface area contributed by atoms with Crippen molar-refractivity contribution in [3.8, 4) is 6.07 Å². The summed E-state index contributed by atoms with van der Waals surface area (Å²) < 4.78 is 0. The Labute approximate surface area is 96.8 Å². The van der Waals surface area contributed by atoms with Crippen LogP contribution in [-0.4, -0.2) is 53.5 Å². The Morgan fingerprint density at radius 2 is 1.88 bits per heavy atom. The van der Waals surface area contributed by atoms with Gasteiger partial charge in [-0.25, -0.2) is 0 Å². The summed E-state index contributed by atoms with van der Waals surface area (Å²) in [6.07, 6.45) is 0. The first-order valence-corrected chi connectivity index (χ1v) is 5.58. The molecule has 0 aromatic carbocycles. The van der Waals surface area contributed by atoms with E-state index in [2.05, 4.69) is 15.9 Å². The number of carbonyl (C=O) groups excluding carboxylic acids is 1. The van der Waals surface area contributed by atoms with Gasteiger partial charge in [-0.1, -0.05) is 0 Å². The largest absolute Gasteiger partial charge is 0.368 e. The first-order valence-electron chi connectivity index (χ1n) is 5.58. The van der Waals surface area contributed by atoms with Gasteiger partial charge in [-0.05, 0) is 20.8 Å². The third-order valence-corrected chi connectivity index (χ3v) is 3.34. The van der Waals surface area contributed by atoms with Crippen LogP contribution >= 0.6 is 0 Å². The van der Waals surface area contributed by atoms with Crippen LogP contribution < -0.4 is 5.73 Å². The molecule has 1 aliphatic heterocycles. The zero-order chi connectivity index (χ0) is 12.3. The van der Waals surface area contributed by atoms with Crippen LogP contribution in [0, 0.1) is 11.3 Å². The summed E-state index contributed by atoms with van der Waals surface area (Å²) >= 11 is 0. The Hall–Kier alpha value is -1.12. The SMILES string of the molecule is CC(C(N)=O)N1CCN(C(C)(C)C#N)CC1. The van der Waals surface area contributed by atoms with Crippen molar-refractivity contribution in [2.75, 3.05) is 26.2 Å². The van der Waals surface area contributed by atoms with E-state index in [4.69, 9.17) is 11.0 Å². The molecule has 0 aromatic rings. The zero-order valence-electron chi connectivity index (χ0n) is 10.2. The average molecular weight is 224 g/mol. The Morgan fingerprint density at radius 1 is 1.38 bits per heavy atom. The number of nitrogens with zero attached hydrogens (tertiary/aromatic N) is 3. The van der Waals surface area contributed by atoms with Crippen LogP contribution in [-0.2, 0) is 4.79 Å². The van der Waals surface area contributed by atoms with Gasteiger partial charge in [0, 0.05) is 26.2 Å². The van der Waals surface area contributed by atoms with E-state index in [9.17, 15) is 4.79 Å². The molecule has 5 nitrogen and oxygen atoms in total. The molecular formula is C11H20N4O.